The summed E-state index contributed by atoms with van der Waals surface area (Å²) >= 11 is 0. The van der Waals surface area contributed by atoms with Crippen LogP contribution in [0.2, 0.25) is 0 Å². The number of fused-ring (bicyclic) bond motifs is 3. The summed E-state index contributed by atoms with van der Waals surface area (Å²) in [4.78, 5) is 2.52. The molecule has 0 amide bonds. The van der Waals surface area contributed by atoms with Gasteiger partial charge in [0.25, 0.3) is 0 Å². The van der Waals surface area contributed by atoms with Gasteiger partial charge in [-0.3, -0.25) is 4.90 Å². The van der Waals surface area contributed by atoms with Crippen LogP contribution in [0.1, 0.15) is 49.4 Å². The lowest BCUT2D eigenvalue weighted by Crippen LogP contribution is -2.48. The molecule has 1 aromatic rings. The van der Waals surface area contributed by atoms with E-state index in [2.05, 4.69) is 37.5 Å². The van der Waals surface area contributed by atoms with Crippen LogP contribution < -0.4 is 4.74 Å². The molecule has 2 aliphatic heterocycles. The fourth-order valence-electron chi connectivity index (χ4n) is 4.41. The van der Waals surface area contributed by atoms with Gasteiger partial charge in [-0.2, -0.15) is 0 Å². The number of piperidine rings is 1. The molecule has 1 fully saturated rings. The molecule has 2 aliphatic rings. The highest BCUT2D eigenvalue weighted by Crippen LogP contribution is 2.41. The number of hydrogen-bond acceptors (Lipinski definition) is 4. The van der Waals surface area contributed by atoms with E-state index < -0.39 is 0 Å². The number of ether oxygens (including phenoxy) is 1. The van der Waals surface area contributed by atoms with Gasteiger partial charge >= 0.3 is 0 Å². The van der Waals surface area contributed by atoms with E-state index in [1.807, 2.05) is 0 Å². The van der Waals surface area contributed by atoms with Crippen LogP contribution in [0.4, 0.5) is 0 Å². The van der Waals surface area contributed by atoms with Crippen molar-refractivity contribution in [2.75, 3.05) is 19.7 Å². The standard InChI is InChI=1S/C21H31NO3/c1-4-7-25-21-10-15-5-6-22-12-16(8-14(2)3)20(24)11-19(22)18(15)9-17(21)13-23/h4,9-10,14,16,19-20,23-24H,1,5-8,11-13H2,2-3H3/t16-,19-,20-/m1/s1. The Hall–Kier alpha value is -1.36. The van der Waals surface area contributed by atoms with E-state index in [1.54, 1.807) is 6.08 Å². The van der Waals surface area contributed by atoms with Crippen molar-refractivity contribution in [3.8, 4) is 5.75 Å². The number of aliphatic hydroxyl groups excluding tert-OH is 2. The molecule has 1 saturated heterocycles. The maximum atomic E-state index is 10.7. The summed E-state index contributed by atoms with van der Waals surface area (Å²) in [6.45, 7) is 10.5. The molecule has 0 saturated carbocycles. The van der Waals surface area contributed by atoms with Crippen LogP contribution in [0, 0.1) is 11.8 Å². The first-order valence-corrected chi connectivity index (χ1v) is 9.45. The van der Waals surface area contributed by atoms with Crippen molar-refractivity contribution < 1.29 is 14.9 Å². The SMILES string of the molecule is C=CCOc1cc2c(cc1CO)[C@H]1C[C@@H](O)[C@H](CC(C)C)CN1CC2. The van der Waals surface area contributed by atoms with Crippen molar-refractivity contribution >= 4 is 0 Å². The third kappa shape index (κ3) is 3.91. The predicted octanol–water partition coefficient (Wildman–Crippen LogP) is 3.07. The highest BCUT2D eigenvalue weighted by Gasteiger charge is 2.38. The lowest BCUT2D eigenvalue weighted by molar-refractivity contribution is -0.0191. The van der Waals surface area contributed by atoms with E-state index in [9.17, 15) is 10.2 Å². The highest BCUT2D eigenvalue weighted by molar-refractivity contribution is 5.45. The van der Waals surface area contributed by atoms with Crippen molar-refractivity contribution in [2.45, 2.75) is 51.9 Å². The molecular formula is C21H31NO3. The Kier molecular flexibility index (Phi) is 5.82. The average molecular weight is 345 g/mol. The Morgan fingerprint density at radius 2 is 2.20 bits per heavy atom. The predicted molar refractivity (Wildman–Crippen MR) is 99.6 cm³/mol. The molecule has 3 rings (SSSR count). The van der Waals surface area contributed by atoms with Gasteiger partial charge < -0.3 is 14.9 Å². The summed E-state index contributed by atoms with van der Waals surface area (Å²) in [6.07, 6.45) is 4.32. The molecule has 0 aliphatic carbocycles. The third-order valence-corrected chi connectivity index (χ3v) is 5.57. The maximum Gasteiger partial charge on any atom is 0.125 e. The van der Waals surface area contributed by atoms with Crippen LogP contribution in [-0.4, -0.2) is 40.9 Å². The summed E-state index contributed by atoms with van der Waals surface area (Å²) in [6, 6.07) is 4.41. The molecule has 0 unspecified atom stereocenters. The third-order valence-electron chi connectivity index (χ3n) is 5.57. The van der Waals surface area contributed by atoms with Gasteiger partial charge in [0.05, 0.1) is 12.7 Å². The topological polar surface area (TPSA) is 52.9 Å². The molecule has 0 spiro atoms. The van der Waals surface area contributed by atoms with Crippen LogP contribution in [0.3, 0.4) is 0 Å². The van der Waals surface area contributed by atoms with Gasteiger partial charge in [-0.05, 0) is 54.4 Å². The van der Waals surface area contributed by atoms with Crippen LogP contribution in [0.25, 0.3) is 0 Å². The smallest absolute Gasteiger partial charge is 0.125 e. The monoisotopic (exact) mass is 345 g/mol. The largest absolute Gasteiger partial charge is 0.489 e. The highest BCUT2D eigenvalue weighted by atomic mass is 16.5. The Morgan fingerprint density at radius 1 is 1.40 bits per heavy atom. The molecule has 25 heavy (non-hydrogen) atoms. The maximum absolute atomic E-state index is 10.7. The molecule has 2 N–H and O–H groups in total. The molecule has 1 aromatic carbocycles. The zero-order valence-corrected chi connectivity index (χ0v) is 15.4. The summed E-state index contributed by atoms with van der Waals surface area (Å²) in [5.41, 5.74) is 3.36. The van der Waals surface area contributed by atoms with Crippen molar-refractivity contribution in [3.63, 3.8) is 0 Å². The van der Waals surface area contributed by atoms with Crippen molar-refractivity contribution in [2.24, 2.45) is 11.8 Å². The Labute approximate surface area is 151 Å². The number of nitrogens with zero attached hydrogens (tertiary/aromatic N) is 1. The van der Waals surface area contributed by atoms with E-state index in [1.165, 1.54) is 11.1 Å². The zero-order valence-electron chi connectivity index (χ0n) is 15.4. The molecule has 2 heterocycles. The molecular weight excluding hydrogens is 314 g/mol. The van der Waals surface area contributed by atoms with Gasteiger partial charge in [-0.15, -0.1) is 0 Å². The quantitative estimate of drug-likeness (QED) is 0.778. The van der Waals surface area contributed by atoms with Crippen LogP contribution in [0.15, 0.2) is 24.8 Å². The number of aliphatic hydroxyl groups is 2. The van der Waals surface area contributed by atoms with E-state index in [0.29, 0.717) is 18.4 Å². The molecule has 3 atom stereocenters. The van der Waals surface area contributed by atoms with Gasteiger partial charge in [-0.1, -0.05) is 26.5 Å². The lowest BCUT2D eigenvalue weighted by atomic mass is 9.79. The second-order valence-electron chi connectivity index (χ2n) is 7.87. The Bertz CT molecular complexity index is 613. The second-order valence-corrected chi connectivity index (χ2v) is 7.87. The van der Waals surface area contributed by atoms with Crippen molar-refractivity contribution in [1.29, 1.82) is 0 Å². The second kappa shape index (κ2) is 7.90. The van der Waals surface area contributed by atoms with Crippen molar-refractivity contribution in [3.05, 3.63) is 41.5 Å². The van der Waals surface area contributed by atoms with Gasteiger partial charge in [0.2, 0.25) is 0 Å². The Morgan fingerprint density at radius 3 is 2.88 bits per heavy atom. The van der Waals surface area contributed by atoms with Crippen LogP contribution >= 0.6 is 0 Å². The summed E-state index contributed by atoms with van der Waals surface area (Å²) < 4.78 is 5.72. The molecule has 0 aromatic heterocycles. The van der Waals surface area contributed by atoms with E-state index in [4.69, 9.17) is 4.74 Å². The summed E-state index contributed by atoms with van der Waals surface area (Å²) in [5, 5.41) is 20.4. The van der Waals surface area contributed by atoms with E-state index in [-0.39, 0.29) is 18.8 Å². The first-order valence-electron chi connectivity index (χ1n) is 9.45. The van der Waals surface area contributed by atoms with Gasteiger partial charge in [0.1, 0.15) is 12.4 Å². The first kappa shape index (κ1) is 18.4. The lowest BCUT2D eigenvalue weighted by Gasteiger charge is -2.46. The Balaban J connectivity index is 1.85. The molecule has 0 bridgehead atoms. The first-order chi connectivity index (χ1) is 12.0. The summed E-state index contributed by atoms with van der Waals surface area (Å²) in [5.74, 6) is 1.73. The van der Waals surface area contributed by atoms with Gasteiger partial charge in [-0.25, -0.2) is 0 Å². The van der Waals surface area contributed by atoms with Crippen LogP contribution in [0.5, 0.6) is 5.75 Å². The van der Waals surface area contributed by atoms with Gasteiger partial charge in [0, 0.05) is 24.7 Å². The fourth-order valence-corrected chi connectivity index (χ4v) is 4.41. The van der Waals surface area contributed by atoms with Crippen LogP contribution in [-0.2, 0) is 13.0 Å². The van der Waals surface area contributed by atoms with E-state index >= 15 is 0 Å². The minimum absolute atomic E-state index is 0.0367. The molecule has 138 valence electrons. The number of benzene rings is 1. The zero-order chi connectivity index (χ0) is 18.0. The normalized spacial score (nSPS) is 26.2. The minimum atomic E-state index is -0.246. The minimum Gasteiger partial charge on any atom is -0.489 e. The molecule has 4 nitrogen and oxygen atoms in total. The molecule has 4 heteroatoms. The van der Waals surface area contributed by atoms with E-state index in [0.717, 1.165) is 43.7 Å². The van der Waals surface area contributed by atoms with Gasteiger partial charge in [0.15, 0.2) is 0 Å². The fraction of sp³-hybridized carbons (Fsp3) is 0.619. The summed E-state index contributed by atoms with van der Waals surface area (Å²) in [7, 11) is 0. The number of rotatable bonds is 6. The van der Waals surface area contributed by atoms with Crippen molar-refractivity contribution in [1.82, 2.24) is 4.90 Å². The average Bonchev–Trinajstić information content (AvgIpc) is 2.59. The number of hydrogen-bond donors (Lipinski definition) is 2. The molecule has 0 radical (unpaired) electrons.